The Morgan fingerprint density at radius 1 is 1.12 bits per heavy atom. The quantitative estimate of drug-likeness (QED) is 0.779. The molecule has 3 nitrogen and oxygen atoms in total. The molecular weight excluding hydrogens is 344 g/mol. The van der Waals surface area contributed by atoms with Gasteiger partial charge in [0.1, 0.15) is 11.6 Å². The standard InChI is InChI=1S/C22H23ClN2O/c1-25-21(26)19(15-16-9-3-2-4-10-16)24-20-13-7-8-14-22(20,25)17-11-5-6-12-18(17)23/h2-6,9-12,19H,7-8,13-15H2,1H3. The van der Waals surface area contributed by atoms with Gasteiger partial charge in [-0.3, -0.25) is 9.79 Å². The van der Waals surface area contributed by atoms with Gasteiger partial charge in [0.2, 0.25) is 5.91 Å². The zero-order valence-electron chi connectivity index (χ0n) is 15.0. The first-order chi connectivity index (χ1) is 12.6. The number of halogens is 1. The average molecular weight is 367 g/mol. The second-order valence-electron chi connectivity index (χ2n) is 7.23. The molecule has 0 aromatic heterocycles. The average Bonchev–Trinajstić information content (AvgIpc) is 2.67. The SMILES string of the molecule is CN1C(=O)C(Cc2ccccc2)N=C2CCCCC21c1ccccc1Cl. The van der Waals surface area contributed by atoms with Gasteiger partial charge < -0.3 is 4.90 Å². The predicted octanol–water partition coefficient (Wildman–Crippen LogP) is 4.63. The van der Waals surface area contributed by atoms with Crippen molar-refractivity contribution in [2.24, 2.45) is 4.99 Å². The van der Waals surface area contributed by atoms with E-state index in [-0.39, 0.29) is 11.9 Å². The van der Waals surface area contributed by atoms with Gasteiger partial charge in [0.25, 0.3) is 0 Å². The van der Waals surface area contributed by atoms with Crippen LogP contribution in [0.15, 0.2) is 59.6 Å². The molecular formula is C22H23ClN2O. The fraction of sp³-hybridized carbons (Fsp3) is 0.364. The van der Waals surface area contributed by atoms with E-state index >= 15 is 0 Å². The molecule has 2 unspecified atom stereocenters. The fourth-order valence-corrected chi connectivity index (χ4v) is 4.74. The summed E-state index contributed by atoms with van der Waals surface area (Å²) in [5.41, 5.74) is 2.78. The van der Waals surface area contributed by atoms with Crippen molar-refractivity contribution in [2.75, 3.05) is 7.05 Å². The normalized spacial score (nSPS) is 25.6. The van der Waals surface area contributed by atoms with Crippen molar-refractivity contribution in [3.8, 4) is 0 Å². The van der Waals surface area contributed by atoms with Crippen LogP contribution in [0.25, 0.3) is 0 Å². The van der Waals surface area contributed by atoms with E-state index in [0.29, 0.717) is 11.4 Å². The van der Waals surface area contributed by atoms with E-state index in [0.717, 1.165) is 42.5 Å². The number of likely N-dealkylation sites (N-methyl/N-ethyl adjacent to an activating group) is 1. The molecule has 1 aliphatic carbocycles. The molecule has 2 aliphatic rings. The van der Waals surface area contributed by atoms with Crippen LogP contribution in [0.1, 0.15) is 36.8 Å². The van der Waals surface area contributed by atoms with Crippen LogP contribution in [0, 0.1) is 0 Å². The van der Waals surface area contributed by atoms with E-state index < -0.39 is 5.54 Å². The van der Waals surface area contributed by atoms with E-state index in [4.69, 9.17) is 16.6 Å². The molecule has 0 N–H and O–H groups in total. The molecule has 1 saturated carbocycles. The van der Waals surface area contributed by atoms with E-state index in [1.165, 1.54) is 0 Å². The molecule has 0 radical (unpaired) electrons. The Morgan fingerprint density at radius 3 is 2.62 bits per heavy atom. The molecule has 4 heteroatoms. The van der Waals surface area contributed by atoms with Crippen molar-refractivity contribution < 1.29 is 4.79 Å². The predicted molar refractivity (Wildman–Crippen MR) is 106 cm³/mol. The first-order valence-corrected chi connectivity index (χ1v) is 9.64. The highest BCUT2D eigenvalue weighted by Gasteiger charge is 2.50. The first kappa shape index (κ1) is 17.3. The molecule has 4 rings (SSSR count). The lowest BCUT2D eigenvalue weighted by Gasteiger charge is -2.50. The van der Waals surface area contributed by atoms with Gasteiger partial charge in [0.15, 0.2) is 0 Å². The Morgan fingerprint density at radius 2 is 1.85 bits per heavy atom. The first-order valence-electron chi connectivity index (χ1n) is 9.26. The van der Waals surface area contributed by atoms with Gasteiger partial charge in [0, 0.05) is 29.8 Å². The molecule has 1 amide bonds. The smallest absolute Gasteiger partial charge is 0.248 e. The number of rotatable bonds is 3. The summed E-state index contributed by atoms with van der Waals surface area (Å²) in [5, 5.41) is 0.711. The van der Waals surface area contributed by atoms with Crippen molar-refractivity contribution >= 4 is 23.2 Å². The number of carbonyl (C=O) groups is 1. The number of hydrogen-bond acceptors (Lipinski definition) is 2. The summed E-state index contributed by atoms with van der Waals surface area (Å²) in [6, 6.07) is 17.7. The number of fused-ring (bicyclic) bond motifs is 1. The third-order valence-electron chi connectivity index (χ3n) is 5.77. The Bertz CT molecular complexity index is 848. The molecule has 1 aliphatic heterocycles. The Balaban J connectivity index is 1.78. The van der Waals surface area contributed by atoms with E-state index in [1.807, 2.05) is 54.4 Å². The van der Waals surface area contributed by atoms with Crippen LogP contribution >= 0.6 is 11.6 Å². The number of aliphatic imine (C=N–C) groups is 1. The third-order valence-corrected chi connectivity index (χ3v) is 6.10. The number of nitrogens with zero attached hydrogens (tertiary/aromatic N) is 2. The van der Waals surface area contributed by atoms with Gasteiger partial charge >= 0.3 is 0 Å². The highest BCUT2D eigenvalue weighted by Crippen LogP contribution is 2.45. The summed E-state index contributed by atoms with van der Waals surface area (Å²) >= 11 is 6.56. The lowest BCUT2D eigenvalue weighted by atomic mass is 9.72. The monoisotopic (exact) mass is 366 g/mol. The maximum atomic E-state index is 13.3. The molecule has 2 atom stereocenters. The fourth-order valence-electron chi connectivity index (χ4n) is 4.45. The second-order valence-corrected chi connectivity index (χ2v) is 7.63. The van der Waals surface area contributed by atoms with Crippen LogP contribution in [0.3, 0.4) is 0 Å². The summed E-state index contributed by atoms with van der Waals surface area (Å²) in [7, 11) is 1.92. The van der Waals surface area contributed by atoms with Gasteiger partial charge in [-0.25, -0.2) is 0 Å². The minimum Gasteiger partial charge on any atom is -0.329 e. The maximum absolute atomic E-state index is 13.3. The lowest BCUT2D eigenvalue weighted by Crippen LogP contribution is -2.60. The van der Waals surface area contributed by atoms with Crippen LogP contribution in [-0.4, -0.2) is 29.6 Å². The van der Waals surface area contributed by atoms with Crippen molar-refractivity contribution in [1.29, 1.82) is 0 Å². The summed E-state index contributed by atoms with van der Waals surface area (Å²) < 4.78 is 0. The van der Waals surface area contributed by atoms with Crippen molar-refractivity contribution in [3.05, 3.63) is 70.7 Å². The van der Waals surface area contributed by atoms with E-state index in [1.54, 1.807) is 0 Å². The van der Waals surface area contributed by atoms with Gasteiger partial charge in [-0.1, -0.05) is 60.1 Å². The molecule has 26 heavy (non-hydrogen) atoms. The molecule has 1 heterocycles. The van der Waals surface area contributed by atoms with Crippen LogP contribution in [0.5, 0.6) is 0 Å². The summed E-state index contributed by atoms with van der Waals surface area (Å²) in [5.74, 6) is 0.0828. The Kier molecular flexibility index (Phi) is 4.58. The molecule has 0 saturated heterocycles. The van der Waals surface area contributed by atoms with Crippen molar-refractivity contribution in [2.45, 2.75) is 43.7 Å². The summed E-state index contributed by atoms with van der Waals surface area (Å²) in [6.45, 7) is 0. The minimum absolute atomic E-state index is 0.0828. The van der Waals surface area contributed by atoms with Gasteiger partial charge in [-0.2, -0.15) is 0 Å². The van der Waals surface area contributed by atoms with Crippen LogP contribution in [0.2, 0.25) is 5.02 Å². The highest BCUT2D eigenvalue weighted by molar-refractivity contribution is 6.32. The Hall–Kier alpha value is -2.13. The molecule has 2 aromatic rings. The maximum Gasteiger partial charge on any atom is 0.248 e. The van der Waals surface area contributed by atoms with Gasteiger partial charge in [0.05, 0.1) is 0 Å². The van der Waals surface area contributed by atoms with Crippen LogP contribution < -0.4 is 0 Å². The van der Waals surface area contributed by atoms with Crippen LogP contribution in [0.4, 0.5) is 0 Å². The molecule has 0 spiro atoms. The molecule has 134 valence electrons. The molecule has 2 aromatic carbocycles. The Labute approximate surface area is 159 Å². The zero-order chi connectivity index (χ0) is 18.1. The van der Waals surface area contributed by atoms with Crippen LogP contribution in [-0.2, 0) is 16.8 Å². The minimum atomic E-state index is -0.485. The zero-order valence-corrected chi connectivity index (χ0v) is 15.7. The lowest BCUT2D eigenvalue weighted by molar-refractivity contribution is -0.136. The number of benzene rings is 2. The molecule has 1 fully saturated rings. The van der Waals surface area contributed by atoms with Crippen molar-refractivity contribution in [3.63, 3.8) is 0 Å². The van der Waals surface area contributed by atoms with Crippen molar-refractivity contribution in [1.82, 2.24) is 4.90 Å². The second kappa shape index (κ2) is 6.88. The van der Waals surface area contributed by atoms with E-state index in [2.05, 4.69) is 12.1 Å². The largest absolute Gasteiger partial charge is 0.329 e. The topological polar surface area (TPSA) is 32.7 Å². The van der Waals surface area contributed by atoms with Gasteiger partial charge in [-0.15, -0.1) is 0 Å². The third kappa shape index (κ3) is 2.75. The van der Waals surface area contributed by atoms with E-state index in [9.17, 15) is 4.79 Å². The highest BCUT2D eigenvalue weighted by atomic mass is 35.5. The summed E-state index contributed by atoms with van der Waals surface area (Å²) in [4.78, 5) is 20.2. The number of hydrogen-bond donors (Lipinski definition) is 0. The van der Waals surface area contributed by atoms with Gasteiger partial charge in [-0.05, 0) is 37.3 Å². The summed E-state index contributed by atoms with van der Waals surface area (Å²) in [6.07, 6.45) is 4.65. The number of amides is 1. The number of carbonyl (C=O) groups excluding carboxylic acids is 1. The molecule has 0 bridgehead atoms.